The molecule has 1 aromatic carbocycles. The summed E-state index contributed by atoms with van der Waals surface area (Å²) < 4.78 is 39.8. The number of piperazine rings is 1. The Morgan fingerprint density at radius 1 is 1.30 bits per heavy atom. The van der Waals surface area contributed by atoms with Gasteiger partial charge in [-0.15, -0.1) is 0 Å². The van der Waals surface area contributed by atoms with Crippen LogP contribution in [0.3, 0.4) is 0 Å². The molecule has 2 aliphatic rings. The molecule has 1 aromatic rings. The van der Waals surface area contributed by atoms with E-state index in [9.17, 15) is 22.8 Å². The van der Waals surface area contributed by atoms with E-state index in [4.69, 9.17) is 0 Å². The molecular formula is C16H17F3N2O2. The summed E-state index contributed by atoms with van der Waals surface area (Å²) in [6.45, 7) is 2.41. The molecule has 1 saturated carbocycles. The van der Waals surface area contributed by atoms with Crippen molar-refractivity contribution in [3.05, 3.63) is 35.4 Å². The van der Waals surface area contributed by atoms with Crippen LogP contribution >= 0.6 is 0 Å². The largest absolute Gasteiger partial charge is 0.416 e. The third-order valence-corrected chi connectivity index (χ3v) is 4.48. The van der Waals surface area contributed by atoms with Crippen LogP contribution < -0.4 is 5.32 Å². The number of benzene rings is 1. The molecule has 23 heavy (non-hydrogen) atoms. The summed E-state index contributed by atoms with van der Waals surface area (Å²) in [6.07, 6.45) is -3.85. The molecule has 1 saturated heterocycles. The molecule has 1 heterocycles. The maximum absolute atomic E-state index is 13.3. The second kappa shape index (κ2) is 5.54. The van der Waals surface area contributed by atoms with Gasteiger partial charge in [0.05, 0.1) is 5.56 Å². The Kier molecular flexibility index (Phi) is 3.82. The standard InChI is InChI=1S/C16H17F3N2O2/c1-9-8-11(9)15(23)21-7-6-20-14(22)13(21)10-4-2-3-5-12(10)16(17,18)19/h2-5,9,11,13H,6-8H2,1H3,(H,20,22)/t9-,11+,13-/m1/s1. The lowest BCUT2D eigenvalue weighted by Crippen LogP contribution is -2.53. The molecule has 3 rings (SSSR count). The van der Waals surface area contributed by atoms with Crippen molar-refractivity contribution in [2.75, 3.05) is 13.1 Å². The molecule has 124 valence electrons. The number of carbonyl (C=O) groups is 2. The zero-order valence-corrected chi connectivity index (χ0v) is 12.6. The highest BCUT2D eigenvalue weighted by Crippen LogP contribution is 2.42. The van der Waals surface area contributed by atoms with Gasteiger partial charge >= 0.3 is 6.18 Å². The highest BCUT2D eigenvalue weighted by molar-refractivity contribution is 5.91. The molecule has 0 spiro atoms. The second-order valence-electron chi connectivity index (χ2n) is 6.13. The average molecular weight is 326 g/mol. The zero-order chi connectivity index (χ0) is 16.8. The van der Waals surface area contributed by atoms with Crippen LogP contribution in [0.2, 0.25) is 0 Å². The van der Waals surface area contributed by atoms with E-state index in [2.05, 4.69) is 5.32 Å². The smallest absolute Gasteiger partial charge is 0.352 e. The third kappa shape index (κ3) is 2.92. The average Bonchev–Trinajstić information content (AvgIpc) is 3.22. The molecule has 1 aliphatic heterocycles. The number of carbonyl (C=O) groups excluding carboxylic acids is 2. The first-order valence-corrected chi connectivity index (χ1v) is 7.55. The Bertz CT molecular complexity index is 644. The van der Waals surface area contributed by atoms with Crippen LogP contribution in [0.4, 0.5) is 13.2 Å². The fraction of sp³-hybridized carbons (Fsp3) is 0.500. The minimum atomic E-state index is -4.57. The maximum Gasteiger partial charge on any atom is 0.416 e. The number of hydrogen-bond donors (Lipinski definition) is 1. The van der Waals surface area contributed by atoms with Gasteiger partial charge in [0.15, 0.2) is 0 Å². The number of amides is 2. The van der Waals surface area contributed by atoms with Crippen molar-refractivity contribution in [2.45, 2.75) is 25.6 Å². The molecule has 4 nitrogen and oxygen atoms in total. The van der Waals surface area contributed by atoms with Crippen LogP contribution in [0.25, 0.3) is 0 Å². The first kappa shape index (κ1) is 15.8. The third-order valence-electron chi connectivity index (χ3n) is 4.48. The Labute approximate surface area is 131 Å². The van der Waals surface area contributed by atoms with E-state index in [-0.39, 0.29) is 36.4 Å². The summed E-state index contributed by atoms with van der Waals surface area (Å²) in [5.74, 6) is -0.739. The molecule has 2 fully saturated rings. The number of nitrogens with zero attached hydrogens (tertiary/aromatic N) is 1. The molecule has 1 aliphatic carbocycles. The van der Waals surface area contributed by atoms with Crippen LogP contribution in [-0.4, -0.2) is 29.8 Å². The van der Waals surface area contributed by atoms with Crippen molar-refractivity contribution in [1.29, 1.82) is 0 Å². The molecular weight excluding hydrogens is 309 g/mol. The molecule has 7 heteroatoms. The Morgan fingerprint density at radius 3 is 2.57 bits per heavy atom. The maximum atomic E-state index is 13.3. The van der Waals surface area contributed by atoms with E-state index in [1.165, 1.54) is 23.1 Å². The zero-order valence-electron chi connectivity index (χ0n) is 12.6. The number of alkyl halides is 3. The molecule has 0 bridgehead atoms. The fourth-order valence-corrected chi connectivity index (χ4v) is 3.09. The summed E-state index contributed by atoms with van der Waals surface area (Å²) in [5.41, 5.74) is -1.04. The van der Waals surface area contributed by atoms with Crippen molar-refractivity contribution in [3.8, 4) is 0 Å². The van der Waals surface area contributed by atoms with E-state index in [0.717, 1.165) is 12.5 Å². The highest BCUT2D eigenvalue weighted by atomic mass is 19.4. The van der Waals surface area contributed by atoms with Crippen LogP contribution in [-0.2, 0) is 15.8 Å². The summed E-state index contributed by atoms with van der Waals surface area (Å²) in [7, 11) is 0. The fourth-order valence-electron chi connectivity index (χ4n) is 3.09. The number of hydrogen-bond acceptors (Lipinski definition) is 2. The van der Waals surface area contributed by atoms with Crippen LogP contribution in [0.1, 0.15) is 30.5 Å². The van der Waals surface area contributed by atoms with Gasteiger partial charge in [0.2, 0.25) is 11.8 Å². The predicted octanol–water partition coefficient (Wildman–Crippen LogP) is 2.36. The van der Waals surface area contributed by atoms with Gasteiger partial charge in [-0.2, -0.15) is 13.2 Å². The van der Waals surface area contributed by atoms with Gasteiger partial charge < -0.3 is 10.2 Å². The minimum Gasteiger partial charge on any atom is -0.352 e. The lowest BCUT2D eigenvalue weighted by molar-refractivity contribution is -0.147. The van der Waals surface area contributed by atoms with Crippen molar-refractivity contribution in [3.63, 3.8) is 0 Å². The first-order chi connectivity index (χ1) is 10.8. The molecule has 0 unspecified atom stereocenters. The van der Waals surface area contributed by atoms with E-state index < -0.39 is 23.7 Å². The predicted molar refractivity (Wildman–Crippen MR) is 76.2 cm³/mol. The molecule has 1 N–H and O–H groups in total. The molecule has 2 amide bonds. The topological polar surface area (TPSA) is 49.4 Å². The van der Waals surface area contributed by atoms with Gasteiger partial charge in [-0.25, -0.2) is 0 Å². The lowest BCUT2D eigenvalue weighted by Gasteiger charge is -2.36. The van der Waals surface area contributed by atoms with Crippen LogP contribution in [0.15, 0.2) is 24.3 Å². The van der Waals surface area contributed by atoms with Gasteiger partial charge in [0.1, 0.15) is 6.04 Å². The second-order valence-corrected chi connectivity index (χ2v) is 6.13. The summed E-state index contributed by atoms with van der Waals surface area (Å²) in [5, 5.41) is 2.56. The van der Waals surface area contributed by atoms with Crippen molar-refractivity contribution >= 4 is 11.8 Å². The van der Waals surface area contributed by atoms with E-state index in [1.54, 1.807) is 0 Å². The summed E-state index contributed by atoms with van der Waals surface area (Å²) in [6, 6.07) is 3.73. The first-order valence-electron chi connectivity index (χ1n) is 7.55. The molecule has 3 atom stereocenters. The SMILES string of the molecule is C[C@@H]1C[C@@H]1C(=O)N1CCNC(=O)[C@H]1c1ccccc1C(F)(F)F. The van der Waals surface area contributed by atoms with Crippen molar-refractivity contribution < 1.29 is 22.8 Å². The van der Waals surface area contributed by atoms with E-state index in [0.29, 0.717) is 0 Å². The molecule has 0 radical (unpaired) electrons. The van der Waals surface area contributed by atoms with Gasteiger partial charge in [0, 0.05) is 19.0 Å². The van der Waals surface area contributed by atoms with E-state index >= 15 is 0 Å². The van der Waals surface area contributed by atoms with Crippen molar-refractivity contribution in [2.24, 2.45) is 11.8 Å². The van der Waals surface area contributed by atoms with Gasteiger partial charge in [0.25, 0.3) is 0 Å². The normalized spacial score (nSPS) is 27.6. The Balaban J connectivity index is 2.00. The van der Waals surface area contributed by atoms with Crippen LogP contribution in [0.5, 0.6) is 0 Å². The van der Waals surface area contributed by atoms with Gasteiger partial charge in [-0.1, -0.05) is 25.1 Å². The van der Waals surface area contributed by atoms with Gasteiger partial charge in [-0.3, -0.25) is 9.59 Å². The quantitative estimate of drug-likeness (QED) is 0.907. The summed E-state index contributed by atoms with van der Waals surface area (Å²) >= 11 is 0. The van der Waals surface area contributed by atoms with E-state index in [1.807, 2.05) is 6.92 Å². The monoisotopic (exact) mass is 326 g/mol. The Morgan fingerprint density at radius 2 is 1.96 bits per heavy atom. The number of rotatable bonds is 2. The van der Waals surface area contributed by atoms with Crippen molar-refractivity contribution in [1.82, 2.24) is 10.2 Å². The number of nitrogens with one attached hydrogen (secondary N) is 1. The lowest BCUT2D eigenvalue weighted by atomic mass is 9.96. The Hall–Kier alpha value is -2.05. The molecule has 0 aromatic heterocycles. The highest BCUT2D eigenvalue weighted by Gasteiger charge is 2.47. The van der Waals surface area contributed by atoms with Gasteiger partial charge in [-0.05, 0) is 24.0 Å². The number of halogens is 3. The minimum absolute atomic E-state index is 0.168. The van der Waals surface area contributed by atoms with Crippen LogP contribution in [0, 0.1) is 11.8 Å². The summed E-state index contributed by atoms with van der Waals surface area (Å²) in [4.78, 5) is 26.1.